The lowest BCUT2D eigenvalue weighted by molar-refractivity contribution is 0.0975. The standard InChI is InChI=1S/3C10H13NO/c3*1-3-8-5-6-9(11-7-8)10(12)4-2/h3*5-7H,3-4H2,1-2H3. The summed E-state index contributed by atoms with van der Waals surface area (Å²) in [7, 11) is 0. The first-order valence-electron chi connectivity index (χ1n) is 12.8. The Bertz CT molecular complexity index is 932. The SMILES string of the molecule is CCC(=O)c1ccc(CC)cn1.CCC(=O)c1ccc(CC)cn1.CCC(=O)c1ccc(CC)cn1. The quantitative estimate of drug-likeness (QED) is 0.310. The third kappa shape index (κ3) is 10.4. The minimum absolute atomic E-state index is 0.109. The molecule has 3 aromatic rings. The van der Waals surface area contributed by atoms with Gasteiger partial charge in [0.05, 0.1) is 0 Å². The molecule has 0 N–H and O–H groups in total. The van der Waals surface area contributed by atoms with Gasteiger partial charge in [-0.25, -0.2) is 0 Å². The Kier molecular flexibility index (Phi) is 14.4. The number of carbonyl (C=O) groups is 3. The fraction of sp³-hybridized carbons (Fsp3) is 0.400. The van der Waals surface area contributed by atoms with Crippen molar-refractivity contribution < 1.29 is 14.4 Å². The Hall–Kier alpha value is -3.54. The van der Waals surface area contributed by atoms with E-state index in [0.717, 1.165) is 19.3 Å². The second-order valence-electron chi connectivity index (χ2n) is 8.05. The molecule has 0 fully saturated rings. The van der Waals surface area contributed by atoms with Crippen molar-refractivity contribution in [1.82, 2.24) is 15.0 Å². The molecule has 0 aliphatic heterocycles. The zero-order chi connectivity index (χ0) is 26.9. The number of Topliss-reactive ketones (excluding diaryl/α,β-unsaturated/α-hetero) is 3. The van der Waals surface area contributed by atoms with Crippen LogP contribution in [0.1, 0.15) is 109 Å². The number of nitrogens with zero attached hydrogens (tertiary/aromatic N) is 3. The van der Waals surface area contributed by atoms with Gasteiger partial charge in [0.15, 0.2) is 17.3 Å². The van der Waals surface area contributed by atoms with E-state index in [0.29, 0.717) is 36.3 Å². The smallest absolute Gasteiger partial charge is 0.180 e. The Morgan fingerprint density at radius 1 is 0.472 bits per heavy atom. The summed E-state index contributed by atoms with van der Waals surface area (Å²) < 4.78 is 0. The fourth-order valence-electron chi connectivity index (χ4n) is 2.94. The summed E-state index contributed by atoms with van der Waals surface area (Å²) in [6.07, 6.45) is 9.78. The maximum atomic E-state index is 11.2. The second kappa shape index (κ2) is 17.0. The highest BCUT2D eigenvalue weighted by atomic mass is 16.1. The molecular weight excluding hydrogens is 450 g/mol. The molecule has 3 heterocycles. The molecule has 0 radical (unpaired) electrons. The van der Waals surface area contributed by atoms with E-state index in [1.54, 1.807) is 36.8 Å². The third-order valence-corrected chi connectivity index (χ3v) is 5.52. The van der Waals surface area contributed by atoms with Crippen LogP contribution in [0.3, 0.4) is 0 Å². The average molecular weight is 490 g/mol. The molecule has 0 aromatic carbocycles. The molecule has 0 aliphatic carbocycles. The van der Waals surface area contributed by atoms with Crippen molar-refractivity contribution >= 4 is 17.3 Å². The van der Waals surface area contributed by atoms with Gasteiger partial charge in [0.25, 0.3) is 0 Å². The molecule has 0 aliphatic rings. The van der Waals surface area contributed by atoms with Gasteiger partial charge in [-0.3, -0.25) is 29.3 Å². The van der Waals surface area contributed by atoms with Gasteiger partial charge in [-0.05, 0) is 54.2 Å². The van der Waals surface area contributed by atoms with Crippen LogP contribution in [-0.4, -0.2) is 32.3 Å². The van der Waals surface area contributed by atoms with Gasteiger partial charge in [-0.1, -0.05) is 59.7 Å². The maximum absolute atomic E-state index is 11.2. The van der Waals surface area contributed by atoms with E-state index in [9.17, 15) is 14.4 Å². The molecule has 3 rings (SSSR count). The van der Waals surface area contributed by atoms with Crippen molar-refractivity contribution in [3.05, 3.63) is 88.8 Å². The topological polar surface area (TPSA) is 89.9 Å². The van der Waals surface area contributed by atoms with Crippen LogP contribution >= 0.6 is 0 Å². The van der Waals surface area contributed by atoms with Gasteiger partial charge in [0, 0.05) is 37.9 Å². The Morgan fingerprint density at radius 2 is 0.722 bits per heavy atom. The molecule has 0 atom stereocenters. The average Bonchev–Trinajstić information content (AvgIpc) is 2.96. The summed E-state index contributed by atoms with van der Waals surface area (Å²) >= 11 is 0. The Labute approximate surface area is 215 Å². The normalized spacial score (nSPS) is 9.83. The van der Waals surface area contributed by atoms with Crippen molar-refractivity contribution in [3.8, 4) is 0 Å². The van der Waals surface area contributed by atoms with Gasteiger partial charge in [0.2, 0.25) is 0 Å². The van der Waals surface area contributed by atoms with Crippen LogP contribution in [0, 0.1) is 0 Å². The highest BCUT2D eigenvalue weighted by Crippen LogP contribution is 2.05. The molecule has 192 valence electrons. The molecule has 3 aromatic heterocycles. The Balaban J connectivity index is 0.000000270. The van der Waals surface area contributed by atoms with Crippen LogP contribution < -0.4 is 0 Å². The Morgan fingerprint density at radius 3 is 0.861 bits per heavy atom. The van der Waals surface area contributed by atoms with E-state index in [2.05, 4.69) is 35.7 Å². The highest BCUT2D eigenvalue weighted by molar-refractivity contribution is 5.94. The zero-order valence-corrected chi connectivity index (χ0v) is 22.5. The summed E-state index contributed by atoms with van der Waals surface area (Å²) in [5, 5.41) is 0. The van der Waals surface area contributed by atoms with E-state index in [1.165, 1.54) is 16.7 Å². The summed E-state index contributed by atoms with van der Waals surface area (Å²) in [4.78, 5) is 45.7. The predicted octanol–water partition coefficient (Wildman–Crippen LogP) is 6.71. The monoisotopic (exact) mass is 489 g/mol. The molecule has 6 nitrogen and oxygen atoms in total. The van der Waals surface area contributed by atoms with Crippen molar-refractivity contribution in [2.24, 2.45) is 0 Å². The first kappa shape index (κ1) is 30.5. The number of hydrogen-bond acceptors (Lipinski definition) is 6. The second-order valence-corrected chi connectivity index (χ2v) is 8.05. The van der Waals surface area contributed by atoms with E-state index < -0.39 is 0 Å². The van der Waals surface area contributed by atoms with Crippen LogP contribution in [0.2, 0.25) is 0 Å². The molecule has 0 bridgehead atoms. The van der Waals surface area contributed by atoms with Crippen LogP contribution in [0.15, 0.2) is 55.0 Å². The molecule has 36 heavy (non-hydrogen) atoms. The van der Waals surface area contributed by atoms with Crippen molar-refractivity contribution in [2.45, 2.75) is 80.1 Å². The van der Waals surface area contributed by atoms with Crippen molar-refractivity contribution in [1.29, 1.82) is 0 Å². The fourth-order valence-corrected chi connectivity index (χ4v) is 2.94. The van der Waals surface area contributed by atoms with E-state index in [-0.39, 0.29) is 17.3 Å². The summed E-state index contributed by atoms with van der Waals surface area (Å²) in [5.74, 6) is 0.327. The molecule has 0 saturated carbocycles. The first-order valence-corrected chi connectivity index (χ1v) is 12.8. The maximum Gasteiger partial charge on any atom is 0.180 e. The molecule has 0 amide bonds. The molecule has 0 spiro atoms. The predicted molar refractivity (Wildman–Crippen MR) is 145 cm³/mol. The zero-order valence-electron chi connectivity index (χ0n) is 22.5. The van der Waals surface area contributed by atoms with Gasteiger partial charge in [0.1, 0.15) is 17.1 Å². The van der Waals surface area contributed by atoms with Crippen molar-refractivity contribution in [3.63, 3.8) is 0 Å². The molecule has 6 heteroatoms. The third-order valence-electron chi connectivity index (χ3n) is 5.52. The molecule has 0 saturated heterocycles. The van der Waals surface area contributed by atoms with Crippen LogP contribution in [0.4, 0.5) is 0 Å². The number of aryl methyl sites for hydroxylation is 3. The summed E-state index contributed by atoms with van der Waals surface area (Å²) in [6, 6.07) is 11.3. The van der Waals surface area contributed by atoms with Gasteiger partial charge < -0.3 is 0 Å². The lowest BCUT2D eigenvalue weighted by atomic mass is 10.1. The van der Waals surface area contributed by atoms with Gasteiger partial charge in [-0.2, -0.15) is 0 Å². The van der Waals surface area contributed by atoms with E-state index in [1.807, 2.05) is 39.0 Å². The minimum Gasteiger partial charge on any atom is -0.292 e. The van der Waals surface area contributed by atoms with Crippen molar-refractivity contribution in [2.75, 3.05) is 0 Å². The summed E-state index contributed by atoms with van der Waals surface area (Å²) in [5.41, 5.74) is 5.24. The van der Waals surface area contributed by atoms with Gasteiger partial charge >= 0.3 is 0 Å². The number of carbonyl (C=O) groups excluding carboxylic acids is 3. The van der Waals surface area contributed by atoms with Crippen LogP contribution in [0.5, 0.6) is 0 Å². The number of aromatic nitrogens is 3. The van der Waals surface area contributed by atoms with Crippen LogP contribution in [-0.2, 0) is 19.3 Å². The van der Waals surface area contributed by atoms with Crippen LogP contribution in [0.25, 0.3) is 0 Å². The lowest BCUT2D eigenvalue weighted by Gasteiger charge is -1.98. The largest absolute Gasteiger partial charge is 0.292 e. The number of rotatable bonds is 9. The van der Waals surface area contributed by atoms with Gasteiger partial charge in [-0.15, -0.1) is 0 Å². The number of hydrogen-bond donors (Lipinski definition) is 0. The first-order chi connectivity index (χ1) is 17.3. The number of pyridine rings is 3. The molecule has 0 unspecified atom stereocenters. The highest BCUT2D eigenvalue weighted by Gasteiger charge is 2.04. The summed E-state index contributed by atoms with van der Waals surface area (Å²) in [6.45, 7) is 11.7. The lowest BCUT2D eigenvalue weighted by Crippen LogP contribution is -1.99. The molecular formula is C30H39N3O3. The van der Waals surface area contributed by atoms with E-state index in [4.69, 9.17) is 0 Å². The minimum atomic E-state index is 0.109. The number of ketones is 3. The van der Waals surface area contributed by atoms with E-state index >= 15 is 0 Å².